The third kappa shape index (κ3) is 3.41. The van der Waals surface area contributed by atoms with E-state index in [0.717, 1.165) is 51.5 Å². The Hall–Kier alpha value is -1.79. The molecule has 1 spiro atoms. The number of carbonyl (C=O) groups is 1. The number of carbonyl (C=O) groups excluding carboxylic acids is 1. The Labute approximate surface area is 192 Å². The van der Waals surface area contributed by atoms with Crippen LogP contribution >= 0.6 is 0 Å². The van der Waals surface area contributed by atoms with Crippen LogP contribution in [0.2, 0.25) is 0 Å². The maximum absolute atomic E-state index is 12.1. The van der Waals surface area contributed by atoms with Gasteiger partial charge in [-0.15, -0.1) is 0 Å². The molecular formula is C26H38N2O4. The number of fused-ring (bicyclic) bond motifs is 1. The largest absolute Gasteiger partial charge is 0.493 e. The Morgan fingerprint density at radius 2 is 2.03 bits per heavy atom. The first-order valence-corrected chi connectivity index (χ1v) is 12.3. The molecule has 1 aromatic carbocycles. The molecule has 4 fully saturated rings. The SMILES string of the molecule is CCOc1cc(N2CCOCC2)ccc1[C@H]1OCCC23C[C@@H](C[C@H]12)C(C)(C)[C@@H]3NC(C)=O. The molecule has 0 radical (unpaired) electrons. The zero-order valence-corrected chi connectivity index (χ0v) is 20.0. The van der Waals surface area contributed by atoms with E-state index in [-0.39, 0.29) is 28.9 Å². The molecule has 1 N–H and O–H groups in total. The quantitative estimate of drug-likeness (QED) is 0.749. The van der Waals surface area contributed by atoms with E-state index >= 15 is 0 Å². The van der Waals surface area contributed by atoms with Crippen LogP contribution in [0.15, 0.2) is 18.2 Å². The van der Waals surface area contributed by atoms with Crippen LogP contribution < -0.4 is 15.0 Å². The summed E-state index contributed by atoms with van der Waals surface area (Å²) >= 11 is 0. The Morgan fingerprint density at radius 3 is 2.75 bits per heavy atom. The van der Waals surface area contributed by atoms with Gasteiger partial charge in [0.25, 0.3) is 0 Å². The summed E-state index contributed by atoms with van der Waals surface area (Å²) in [6.45, 7) is 13.1. The van der Waals surface area contributed by atoms with Gasteiger partial charge in [-0.25, -0.2) is 0 Å². The highest BCUT2D eigenvalue weighted by atomic mass is 16.5. The summed E-state index contributed by atoms with van der Waals surface area (Å²) in [6, 6.07) is 6.84. The fourth-order valence-corrected chi connectivity index (χ4v) is 7.36. The number of morpholine rings is 1. The molecule has 2 saturated carbocycles. The molecule has 32 heavy (non-hydrogen) atoms. The molecule has 2 bridgehead atoms. The number of ether oxygens (including phenoxy) is 3. The van der Waals surface area contributed by atoms with E-state index < -0.39 is 0 Å². The Bertz CT molecular complexity index is 865. The molecule has 1 unspecified atom stereocenters. The summed E-state index contributed by atoms with van der Waals surface area (Å²) in [7, 11) is 0. The summed E-state index contributed by atoms with van der Waals surface area (Å²) in [6.07, 6.45) is 3.38. The van der Waals surface area contributed by atoms with Crippen molar-refractivity contribution >= 4 is 11.6 Å². The monoisotopic (exact) mass is 442 g/mol. The number of anilines is 1. The molecule has 0 aromatic heterocycles. The predicted molar refractivity (Wildman–Crippen MR) is 124 cm³/mol. The van der Waals surface area contributed by atoms with Crippen LogP contribution in [0.3, 0.4) is 0 Å². The van der Waals surface area contributed by atoms with Crippen molar-refractivity contribution in [2.75, 3.05) is 44.4 Å². The van der Waals surface area contributed by atoms with Crippen LogP contribution in [0.1, 0.15) is 58.6 Å². The van der Waals surface area contributed by atoms with E-state index in [1.807, 2.05) is 6.92 Å². The zero-order chi connectivity index (χ0) is 22.5. The van der Waals surface area contributed by atoms with E-state index in [2.05, 4.69) is 42.3 Å². The van der Waals surface area contributed by atoms with Gasteiger partial charge in [0.2, 0.25) is 5.91 Å². The molecule has 2 heterocycles. The van der Waals surface area contributed by atoms with Gasteiger partial charge in [0.05, 0.1) is 25.9 Å². The maximum Gasteiger partial charge on any atom is 0.217 e. The van der Waals surface area contributed by atoms with Crippen molar-refractivity contribution in [1.29, 1.82) is 0 Å². The number of rotatable bonds is 5. The molecular weight excluding hydrogens is 404 g/mol. The predicted octanol–water partition coefficient (Wildman–Crippen LogP) is 3.94. The summed E-state index contributed by atoms with van der Waals surface area (Å²) in [5.74, 6) is 2.03. The minimum Gasteiger partial charge on any atom is -0.493 e. The van der Waals surface area contributed by atoms with E-state index in [0.29, 0.717) is 18.4 Å². The average Bonchev–Trinajstić information content (AvgIpc) is 3.27. The first kappa shape index (κ1) is 22.0. The van der Waals surface area contributed by atoms with Crippen molar-refractivity contribution in [1.82, 2.24) is 5.32 Å². The molecule has 2 saturated heterocycles. The second-order valence-electron chi connectivity index (χ2n) is 10.7. The van der Waals surface area contributed by atoms with Crippen molar-refractivity contribution in [3.63, 3.8) is 0 Å². The van der Waals surface area contributed by atoms with Gasteiger partial charge in [-0.05, 0) is 54.9 Å². The maximum atomic E-state index is 12.1. The Kier molecular flexibility index (Phi) is 5.65. The van der Waals surface area contributed by atoms with Crippen LogP contribution in [0.5, 0.6) is 5.75 Å². The van der Waals surface area contributed by atoms with Gasteiger partial charge in [0.15, 0.2) is 0 Å². The van der Waals surface area contributed by atoms with Crippen molar-refractivity contribution < 1.29 is 19.0 Å². The highest BCUT2D eigenvalue weighted by Crippen LogP contribution is 2.70. The normalized spacial score (nSPS) is 35.4. The van der Waals surface area contributed by atoms with E-state index in [1.165, 1.54) is 17.7 Å². The van der Waals surface area contributed by atoms with Gasteiger partial charge in [0, 0.05) is 50.0 Å². The standard InChI is InChI=1S/C26H38N2O4/c1-5-31-22-15-19(28-9-12-30-13-10-28)6-7-20(22)23-21-14-18-16-26(21,8-11-32-23)24(25(18,3)4)27-17(2)29/h6-7,15,18,21,23-24H,5,8-14,16H2,1-4H3,(H,27,29)/t18-,21-,23-,24+,26?/m1/s1. The number of amides is 1. The Balaban J connectivity index is 1.48. The van der Waals surface area contributed by atoms with Crippen molar-refractivity contribution in [2.24, 2.45) is 22.7 Å². The summed E-state index contributed by atoms with van der Waals surface area (Å²) in [4.78, 5) is 14.5. The third-order valence-corrected chi connectivity index (χ3v) is 8.83. The molecule has 6 nitrogen and oxygen atoms in total. The average molecular weight is 443 g/mol. The van der Waals surface area contributed by atoms with Gasteiger partial charge < -0.3 is 24.4 Å². The second-order valence-corrected chi connectivity index (χ2v) is 10.7. The van der Waals surface area contributed by atoms with Crippen LogP contribution in [-0.4, -0.2) is 51.5 Å². The third-order valence-electron chi connectivity index (χ3n) is 8.83. The van der Waals surface area contributed by atoms with Crippen molar-refractivity contribution in [2.45, 2.75) is 59.1 Å². The highest BCUT2D eigenvalue weighted by molar-refractivity contribution is 5.73. The molecule has 1 aromatic rings. The first-order chi connectivity index (χ1) is 15.4. The number of nitrogens with zero attached hydrogens (tertiary/aromatic N) is 1. The van der Waals surface area contributed by atoms with Crippen LogP contribution in [0.4, 0.5) is 5.69 Å². The van der Waals surface area contributed by atoms with Gasteiger partial charge in [0.1, 0.15) is 5.75 Å². The van der Waals surface area contributed by atoms with Gasteiger partial charge in [-0.1, -0.05) is 19.9 Å². The number of hydrogen-bond donors (Lipinski definition) is 1. The zero-order valence-electron chi connectivity index (χ0n) is 20.0. The lowest BCUT2D eigenvalue weighted by molar-refractivity contribution is -0.136. The fraction of sp³-hybridized carbons (Fsp3) is 0.731. The molecule has 1 amide bonds. The second kappa shape index (κ2) is 8.21. The molecule has 6 heteroatoms. The minimum atomic E-state index is 0.0152. The molecule has 2 aliphatic heterocycles. The van der Waals surface area contributed by atoms with Crippen molar-refractivity contribution in [3.8, 4) is 5.75 Å². The fourth-order valence-electron chi connectivity index (χ4n) is 7.36. The van der Waals surface area contributed by atoms with Gasteiger partial charge >= 0.3 is 0 Å². The van der Waals surface area contributed by atoms with Crippen LogP contribution in [0, 0.1) is 22.7 Å². The molecule has 5 atom stereocenters. The smallest absolute Gasteiger partial charge is 0.217 e. The van der Waals surface area contributed by atoms with Crippen molar-refractivity contribution in [3.05, 3.63) is 23.8 Å². The highest BCUT2D eigenvalue weighted by Gasteiger charge is 2.68. The van der Waals surface area contributed by atoms with Crippen LogP contribution in [-0.2, 0) is 14.3 Å². The lowest BCUT2D eigenvalue weighted by Gasteiger charge is -2.53. The lowest BCUT2D eigenvalue weighted by atomic mass is 9.58. The summed E-state index contributed by atoms with van der Waals surface area (Å²) < 4.78 is 18.2. The Morgan fingerprint density at radius 1 is 1.25 bits per heavy atom. The topological polar surface area (TPSA) is 60.0 Å². The molecule has 176 valence electrons. The molecule has 2 aliphatic carbocycles. The van der Waals surface area contributed by atoms with E-state index in [4.69, 9.17) is 14.2 Å². The minimum absolute atomic E-state index is 0.0152. The van der Waals surface area contributed by atoms with Crippen LogP contribution in [0.25, 0.3) is 0 Å². The first-order valence-electron chi connectivity index (χ1n) is 12.3. The number of benzene rings is 1. The summed E-state index contributed by atoms with van der Waals surface area (Å²) in [5, 5.41) is 3.37. The molecule has 4 aliphatic rings. The van der Waals surface area contributed by atoms with E-state index in [1.54, 1.807) is 6.92 Å². The van der Waals surface area contributed by atoms with Gasteiger partial charge in [-0.2, -0.15) is 0 Å². The lowest BCUT2D eigenvalue weighted by Crippen LogP contribution is -2.58. The summed E-state index contributed by atoms with van der Waals surface area (Å²) in [5.41, 5.74) is 2.58. The number of hydrogen-bond acceptors (Lipinski definition) is 5. The molecule has 5 rings (SSSR count). The van der Waals surface area contributed by atoms with Gasteiger partial charge in [-0.3, -0.25) is 4.79 Å². The van der Waals surface area contributed by atoms with E-state index in [9.17, 15) is 4.79 Å². The number of nitrogens with one attached hydrogen (secondary N) is 1.